The minimum atomic E-state index is -1.33. The number of hydrogen-bond acceptors (Lipinski definition) is 11. The Labute approximate surface area is 316 Å². The van der Waals surface area contributed by atoms with Crippen LogP contribution < -0.4 is 37.6 Å². The molecule has 4 rings (SSSR count). The number of amides is 7. The molecular formula is C35H48N8O8S2. The van der Waals surface area contributed by atoms with Crippen LogP contribution in [-0.2, 0) is 33.6 Å². The number of thiophene rings is 1. The quantitative estimate of drug-likeness (QED) is 0.183. The van der Waals surface area contributed by atoms with Crippen LogP contribution in [0.1, 0.15) is 44.4 Å². The van der Waals surface area contributed by atoms with Gasteiger partial charge in [-0.2, -0.15) is 0 Å². The lowest BCUT2D eigenvalue weighted by molar-refractivity contribution is -0.144. The zero-order chi connectivity index (χ0) is 39.0. The average Bonchev–Trinajstić information content (AvgIpc) is 3.71. The van der Waals surface area contributed by atoms with Gasteiger partial charge in [-0.05, 0) is 47.5 Å². The molecule has 0 saturated carbocycles. The van der Waals surface area contributed by atoms with Crippen LogP contribution in [0.3, 0.4) is 0 Å². The molecule has 6 atom stereocenters. The van der Waals surface area contributed by atoms with Gasteiger partial charge in [0.2, 0.25) is 41.4 Å². The molecule has 288 valence electrons. The zero-order valence-electron chi connectivity index (χ0n) is 30.3. The number of rotatable bonds is 5. The lowest BCUT2D eigenvalue weighted by Crippen LogP contribution is -2.58. The molecule has 0 unspecified atom stereocenters. The van der Waals surface area contributed by atoms with E-state index >= 15 is 0 Å². The largest absolute Gasteiger partial charge is 0.391 e. The molecule has 0 aliphatic carbocycles. The van der Waals surface area contributed by atoms with Crippen LogP contribution in [-0.4, -0.2) is 120 Å². The number of aliphatic hydroxyl groups is 1. The van der Waals surface area contributed by atoms with Crippen molar-refractivity contribution in [3.63, 3.8) is 0 Å². The predicted molar refractivity (Wildman–Crippen MR) is 200 cm³/mol. The van der Waals surface area contributed by atoms with Crippen molar-refractivity contribution in [2.75, 3.05) is 38.2 Å². The highest BCUT2D eigenvalue weighted by Gasteiger charge is 2.45. The third kappa shape index (κ3) is 10.8. The summed E-state index contributed by atoms with van der Waals surface area (Å²) in [6.07, 6.45) is -1.17. The third-order valence-electron chi connectivity index (χ3n) is 8.86. The number of aryl methyl sites for hydroxylation is 1. The number of hydrogen-bond donors (Lipinski definition) is 8. The number of aliphatic hydroxyl groups excluding tert-OH is 1. The highest BCUT2D eigenvalue weighted by molar-refractivity contribution is 8.00. The lowest BCUT2D eigenvalue weighted by Gasteiger charge is -2.35. The van der Waals surface area contributed by atoms with E-state index in [4.69, 9.17) is 5.73 Å². The van der Waals surface area contributed by atoms with Gasteiger partial charge >= 0.3 is 0 Å². The molecule has 0 radical (unpaired) electrons. The van der Waals surface area contributed by atoms with E-state index in [1.165, 1.54) is 4.90 Å². The molecule has 7 amide bonds. The van der Waals surface area contributed by atoms with Gasteiger partial charge in [-0.25, -0.2) is 0 Å². The van der Waals surface area contributed by atoms with E-state index in [2.05, 4.69) is 31.9 Å². The van der Waals surface area contributed by atoms with E-state index in [-0.39, 0.29) is 31.0 Å². The number of benzene rings is 1. The summed E-state index contributed by atoms with van der Waals surface area (Å²) in [6, 6.07) is 2.95. The van der Waals surface area contributed by atoms with Gasteiger partial charge in [0.25, 0.3) is 0 Å². The average molecular weight is 773 g/mol. The maximum atomic E-state index is 14.1. The number of thioether (sulfide) groups is 1. The van der Waals surface area contributed by atoms with Crippen LogP contribution in [0.4, 0.5) is 0 Å². The topological polar surface area (TPSA) is 241 Å². The Morgan fingerprint density at radius 2 is 1.66 bits per heavy atom. The standard InChI is InChI=1S/C35H48N8O8S2/c1-18-10-11-53-28(18)20-8-6-19(7-9-20)27-33(50)38-14-25(45)39-22(13-37-5)31(48)40-23(30(36)47)16-52-17-26(46)41-29(35(2,3)4)34(51)43-15-21(44)12-24(43)32(49)42-27/h6-11,21-24,27,29,37,44H,12-17H2,1-5H3,(H2,36,47)(H,38,50)(H,39,45)(H,40,48)(H,41,46)(H,42,49)/t21-,22-,23-,24+,27-,29-/m1/s1. The molecule has 53 heavy (non-hydrogen) atoms. The first kappa shape index (κ1) is 41.2. The molecule has 2 fully saturated rings. The van der Waals surface area contributed by atoms with Gasteiger partial charge in [-0.3, -0.25) is 33.6 Å². The molecule has 18 heteroatoms. The van der Waals surface area contributed by atoms with Crippen molar-refractivity contribution >= 4 is 64.4 Å². The number of nitrogens with two attached hydrogens (primary N) is 1. The number of nitrogens with zero attached hydrogens (tertiary/aromatic N) is 1. The lowest BCUT2D eigenvalue weighted by atomic mass is 9.85. The number of likely N-dealkylation sites (N-methyl/N-ethyl adjacent to an activating group) is 1. The molecule has 2 aliphatic rings. The number of carbonyl (C=O) groups is 7. The van der Waals surface area contributed by atoms with Crippen LogP contribution in [0.5, 0.6) is 0 Å². The highest BCUT2D eigenvalue weighted by Crippen LogP contribution is 2.31. The van der Waals surface area contributed by atoms with E-state index in [1.54, 1.807) is 51.3 Å². The molecule has 0 bridgehead atoms. The van der Waals surface area contributed by atoms with Crippen molar-refractivity contribution in [2.45, 2.75) is 70.4 Å². The maximum absolute atomic E-state index is 14.1. The Kier molecular flexibility index (Phi) is 14.0. The van der Waals surface area contributed by atoms with E-state index in [0.717, 1.165) is 27.8 Å². The summed E-state index contributed by atoms with van der Waals surface area (Å²) >= 11 is 2.55. The van der Waals surface area contributed by atoms with Crippen molar-refractivity contribution in [1.29, 1.82) is 0 Å². The van der Waals surface area contributed by atoms with Gasteiger partial charge in [0.1, 0.15) is 30.2 Å². The second kappa shape index (κ2) is 18.0. The molecule has 1 aromatic heterocycles. The summed E-state index contributed by atoms with van der Waals surface area (Å²) < 4.78 is 0. The minimum Gasteiger partial charge on any atom is -0.391 e. The summed E-state index contributed by atoms with van der Waals surface area (Å²) in [5.74, 6) is -5.26. The number of primary amides is 1. The molecular weight excluding hydrogens is 725 g/mol. The van der Waals surface area contributed by atoms with Gasteiger partial charge < -0.3 is 47.6 Å². The Bertz CT molecular complexity index is 1690. The van der Waals surface area contributed by atoms with Crippen LogP contribution in [0.25, 0.3) is 10.4 Å². The van der Waals surface area contributed by atoms with E-state index in [1.807, 2.05) is 30.5 Å². The highest BCUT2D eigenvalue weighted by atomic mass is 32.2. The first-order valence-corrected chi connectivity index (χ1v) is 19.1. The second-order valence-electron chi connectivity index (χ2n) is 14.1. The first-order valence-electron chi connectivity index (χ1n) is 17.1. The molecule has 0 spiro atoms. The summed E-state index contributed by atoms with van der Waals surface area (Å²) in [6.45, 7) is 6.40. The number of fused-ring (bicyclic) bond motifs is 1. The van der Waals surface area contributed by atoms with Crippen LogP contribution in [0.15, 0.2) is 35.7 Å². The van der Waals surface area contributed by atoms with Crippen LogP contribution >= 0.6 is 23.1 Å². The molecule has 3 heterocycles. The minimum absolute atomic E-state index is 0.0345. The second-order valence-corrected chi connectivity index (χ2v) is 16.1. The molecule has 2 aromatic rings. The molecule has 1 aromatic carbocycles. The summed E-state index contributed by atoms with van der Waals surface area (Å²) in [5.41, 5.74) is 7.05. The normalized spacial score (nSPS) is 26.0. The fourth-order valence-electron chi connectivity index (χ4n) is 6.02. The fraction of sp³-hybridized carbons (Fsp3) is 0.514. The van der Waals surface area contributed by atoms with Gasteiger partial charge in [-0.1, -0.05) is 45.0 Å². The van der Waals surface area contributed by atoms with Crippen LogP contribution in [0.2, 0.25) is 0 Å². The first-order chi connectivity index (χ1) is 25.0. The van der Waals surface area contributed by atoms with Gasteiger partial charge in [0.05, 0.1) is 18.4 Å². The summed E-state index contributed by atoms with van der Waals surface area (Å²) in [4.78, 5) is 95.7. The number of nitrogens with one attached hydrogen (secondary N) is 6. The summed E-state index contributed by atoms with van der Waals surface area (Å²) in [7, 11) is 1.55. The third-order valence-corrected chi connectivity index (χ3v) is 11.0. The van der Waals surface area contributed by atoms with Crippen LogP contribution in [0, 0.1) is 12.3 Å². The van der Waals surface area contributed by atoms with Gasteiger partial charge in [-0.15, -0.1) is 23.1 Å². The number of carbonyl (C=O) groups excluding carboxylic acids is 7. The van der Waals surface area contributed by atoms with Gasteiger partial charge in [0, 0.05) is 30.1 Å². The Morgan fingerprint density at radius 3 is 2.26 bits per heavy atom. The molecule has 9 N–H and O–H groups in total. The van der Waals surface area contributed by atoms with Crippen molar-refractivity contribution in [1.82, 2.24) is 36.8 Å². The SMILES string of the molecule is CNC[C@H]1NC(=O)CNC(=O)[C@@H](c2ccc(-c3sccc3C)cc2)NC(=O)[C@@H]2C[C@@H](O)CN2C(=O)[C@H](C(C)(C)C)NC(=O)CSC[C@H](C(N)=O)NC1=O. The maximum Gasteiger partial charge on any atom is 0.247 e. The van der Waals surface area contributed by atoms with Crippen molar-refractivity contribution in [3.05, 3.63) is 46.8 Å². The summed E-state index contributed by atoms with van der Waals surface area (Å²) in [5, 5.41) is 28.5. The van der Waals surface area contributed by atoms with Crippen molar-refractivity contribution < 1.29 is 38.7 Å². The van der Waals surface area contributed by atoms with E-state index in [9.17, 15) is 38.7 Å². The predicted octanol–water partition coefficient (Wildman–Crippen LogP) is -1.09. The monoisotopic (exact) mass is 772 g/mol. The smallest absolute Gasteiger partial charge is 0.247 e. The zero-order valence-corrected chi connectivity index (χ0v) is 31.9. The Hall–Kier alpha value is -4.52. The molecule has 16 nitrogen and oxygen atoms in total. The van der Waals surface area contributed by atoms with E-state index in [0.29, 0.717) is 5.56 Å². The molecule has 2 saturated heterocycles. The fourth-order valence-corrected chi connectivity index (χ4v) is 7.83. The van der Waals surface area contributed by atoms with Crippen molar-refractivity contribution in [2.24, 2.45) is 11.1 Å². The Morgan fingerprint density at radius 1 is 0.962 bits per heavy atom. The van der Waals surface area contributed by atoms with E-state index < -0.39 is 89.6 Å². The van der Waals surface area contributed by atoms with Crippen molar-refractivity contribution in [3.8, 4) is 10.4 Å². The van der Waals surface area contributed by atoms with Gasteiger partial charge in [0.15, 0.2) is 0 Å². The molecule has 2 aliphatic heterocycles. The Balaban J connectivity index is 1.70.